The summed E-state index contributed by atoms with van der Waals surface area (Å²) < 4.78 is 4.42. The van der Waals surface area contributed by atoms with Gasteiger partial charge < -0.3 is 14.7 Å². The molecule has 0 saturated carbocycles. The van der Waals surface area contributed by atoms with Crippen LogP contribution in [0.1, 0.15) is 12.8 Å². The van der Waals surface area contributed by atoms with Crippen LogP contribution in [0.5, 0.6) is 0 Å². The fraction of sp³-hybridized carbons (Fsp3) is 0.636. The van der Waals surface area contributed by atoms with Gasteiger partial charge in [0.15, 0.2) is 5.82 Å². The average Bonchev–Trinajstić information content (AvgIpc) is 3.07. The number of aromatic nitrogens is 3. The lowest BCUT2D eigenvalue weighted by atomic mass is 10.2. The van der Waals surface area contributed by atoms with E-state index in [1.165, 1.54) is 18.1 Å². The van der Waals surface area contributed by atoms with E-state index in [1.54, 1.807) is 4.90 Å². The van der Waals surface area contributed by atoms with Gasteiger partial charge in [0.1, 0.15) is 6.54 Å². The van der Waals surface area contributed by atoms with Crippen LogP contribution in [0.2, 0.25) is 0 Å². The molecule has 9 nitrogen and oxygen atoms in total. The molecule has 1 aromatic rings. The van der Waals surface area contributed by atoms with Gasteiger partial charge in [-0.3, -0.25) is 10.1 Å². The highest BCUT2D eigenvalue weighted by molar-refractivity contribution is 5.82. The van der Waals surface area contributed by atoms with Gasteiger partial charge in [-0.15, -0.1) is 5.10 Å². The van der Waals surface area contributed by atoms with E-state index in [0.717, 1.165) is 12.8 Å². The highest BCUT2D eigenvalue weighted by Gasteiger charge is 2.28. The third-order valence-electron chi connectivity index (χ3n) is 3.14. The van der Waals surface area contributed by atoms with Gasteiger partial charge in [-0.1, -0.05) is 0 Å². The number of amides is 2. The zero-order valence-corrected chi connectivity index (χ0v) is 11.2. The number of ether oxygens (including phenoxy) is 1. The summed E-state index contributed by atoms with van der Waals surface area (Å²) in [5.41, 5.74) is 0. The minimum atomic E-state index is -0.650. The predicted molar refractivity (Wildman–Crippen MR) is 67.9 cm³/mol. The SMILES string of the molecule is COC(=O)Nc1cnn(CC(=O)N2CCCC2CO)n1. The largest absolute Gasteiger partial charge is 0.453 e. The second-order valence-electron chi connectivity index (χ2n) is 4.44. The number of carbonyl (C=O) groups excluding carboxylic acids is 2. The fourth-order valence-electron chi connectivity index (χ4n) is 2.15. The predicted octanol–water partition coefficient (Wildman–Crippen LogP) is -0.560. The Morgan fingerprint density at radius 3 is 3.10 bits per heavy atom. The van der Waals surface area contributed by atoms with E-state index in [4.69, 9.17) is 0 Å². The van der Waals surface area contributed by atoms with Crippen molar-refractivity contribution in [2.75, 3.05) is 25.6 Å². The smallest absolute Gasteiger partial charge is 0.412 e. The summed E-state index contributed by atoms with van der Waals surface area (Å²) >= 11 is 0. The van der Waals surface area contributed by atoms with Gasteiger partial charge in [-0.2, -0.15) is 9.90 Å². The first-order chi connectivity index (χ1) is 9.63. The lowest BCUT2D eigenvalue weighted by molar-refractivity contribution is -0.133. The van der Waals surface area contributed by atoms with E-state index in [9.17, 15) is 14.7 Å². The summed E-state index contributed by atoms with van der Waals surface area (Å²) in [4.78, 5) is 25.9. The number of nitrogens with one attached hydrogen (secondary N) is 1. The molecule has 1 unspecified atom stereocenters. The molecule has 0 aromatic carbocycles. The highest BCUT2D eigenvalue weighted by atomic mass is 16.5. The van der Waals surface area contributed by atoms with Crippen LogP contribution in [0, 0.1) is 0 Å². The van der Waals surface area contributed by atoms with Crippen LogP contribution in [-0.2, 0) is 16.1 Å². The average molecular weight is 283 g/mol. The first-order valence-corrected chi connectivity index (χ1v) is 6.29. The van der Waals surface area contributed by atoms with E-state index >= 15 is 0 Å². The number of carbonyl (C=O) groups is 2. The molecule has 2 rings (SSSR count). The highest BCUT2D eigenvalue weighted by Crippen LogP contribution is 2.17. The maximum Gasteiger partial charge on any atom is 0.412 e. The Balaban J connectivity index is 1.93. The molecule has 110 valence electrons. The standard InChI is InChI=1S/C11H17N5O4/c1-20-11(19)13-9-5-12-16(14-9)6-10(18)15-4-2-3-8(15)7-17/h5,8,17H,2-4,6-7H2,1H3,(H,13,14,19). The zero-order valence-electron chi connectivity index (χ0n) is 11.2. The monoisotopic (exact) mass is 283 g/mol. The number of aliphatic hydroxyl groups excluding tert-OH is 1. The molecule has 1 aliphatic rings. The van der Waals surface area contributed by atoms with Crippen molar-refractivity contribution in [1.82, 2.24) is 19.9 Å². The summed E-state index contributed by atoms with van der Waals surface area (Å²) in [6.45, 7) is 0.575. The van der Waals surface area contributed by atoms with Crippen LogP contribution < -0.4 is 5.32 Å². The van der Waals surface area contributed by atoms with Crippen LogP contribution in [0.25, 0.3) is 0 Å². The topological polar surface area (TPSA) is 110 Å². The Bertz CT molecular complexity index is 489. The normalized spacial score (nSPS) is 18.1. The van der Waals surface area contributed by atoms with Gasteiger partial charge in [0.05, 0.1) is 26.0 Å². The molecule has 0 radical (unpaired) electrons. The third-order valence-corrected chi connectivity index (χ3v) is 3.14. The van der Waals surface area contributed by atoms with Gasteiger partial charge >= 0.3 is 6.09 Å². The Morgan fingerprint density at radius 1 is 1.60 bits per heavy atom. The van der Waals surface area contributed by atoms with Crippen LogP contribution in [0.3, 0.4) is 0 Å². The fourth-order valence-corrected chi connectivity index (χ4v) is 2.15. The van der Waals surface area contributed by atoms with Crippen LogP contribution in [-0.4, -0.2) is 63.3 Å². The Hall–Kier alpha value is -2.16. The van der Waals surface area contributed by atoms with Crippen molar-refractivity contribution in [3.05, 3.63) is 6.20 Å². The maximum absolute atomic E-state index is 12.1. The molecule has 1 atom stereocenters. The molecule has 1 fully saturated rings. The Morgan fingerprint density at radius 2 is 2.40 bits per heavy atom. The Kier molecular flexibility index (Phi) is 4.51. The van der Waals surface area contributed by atoms with Crippen molar-refractivity contribution >= 4 is 17.8 Å². The molecule has 2 N–H and O–H groups in total. The maximum atomic E-state index is 12.1. The number of methoxy groups -OCH3 is 1. The molecule has 2 amide bonds. The first kappa shape index (κ1) is 14.3. The zero-order chi connectivity index (χ0) is 14.5. The third kappa shape index (κ3) is 3.23. The van der Waals surface area contributed by atoms with Gasteiger partial charge in [0.25, 0.3) is 0 Å². The number of anilines is 1. The lowest BCUT2D eigenvalue weighted by Crippen LogP contribution is -2.39. The number of aliphatic hydroxyl groups is 1. The van der Waals surface area contributed by atoms with Gasteiger partial charge in [0.2, 0.25) is 5.91 Å². The van der Waals surface area contributed by atoms with E-state index < -0.39 is 6.09 Å². The van der Waals surface area contributed by atoms with Crippen molar-refractivity contribution in [1.29, 1.82) is 0 Å². The molecular weight excluding hydrogens is 266 g/mol. The van der Waals surface area contributed by atoms with Crippen molar-refractivity contribution in [3.8, 4) is 0 Å². The van der Waals surface area contributed by atoms with Crippen LogP contribution >= 0.6 is 0 Å². The molecular formula is C11H17N5O4. The summed E-state index contributed by atoms with van der Waals surface area (Å²) in [6, 6.07) is -0.120. The summed E-state index contributed by atoms with van der Waals surface area (Å²) in [7, 11) is 1.24. The molecule has 1 aliphatic heterocycles. The number of likely N-dealkylation sites (tertiary alicyclic amines) is 1. The lowest BCUT2D eigenvalue weighted by Gasteiger charge is -2.22. The van der Waals surface area contributed by atoms with Gasteiger partial charge in [0, 0.05) is 6.54 Å². The molecule has 0 aliphatic carbocycles. The molecule has 20 heavy (non-hydrogen) atoms. The number of hydrogen-bond donors (Lipinski definition) is 2. The summed E-state index contributed by atoms with van der Waals surface area (Å²) in [6.07, 6.45) is 2.38. The van der Waals surface area contributed by atoms with Gasteiger partial charge in [-0.05, 0) is 12.8 Å². The second-order valence-corrected chi connectivity index (χ2v) is 4.44. The number of rotatable bonds is 4. The van der Waals surface area contributed by atoms with Crippen molar-refractivity contribution in [3.63, 3.8) is 0 Å². The Labute approximate surface area is 115 Å². The quantitative estimate of drug-likeness (QED) is 0.766. The van der Waals surface area contributed by atoms with E-state index in [-0.39, 0.29) is 30.9 Å². The van der Waals surface area contributed by atoms with Gasteiger partial charge in [-0.25, -0.2) is 4.79 Å². The molecule has 1 aromatic heterocycles. The molecule has 0 spiro atoms. The minimum Gasteiger partial charge on any atom is -0.453 e. The van der Waals surface area contributed by atoms with Crippen molar-refractivity contribution in [2.45, 2.75) is 25.4 Å². The molecule has 0 bridgehead atoms. The van der Waals surface area contributed by atoms with E-state index in [1.807, 2.05) is 0 Å². The number of hydrogen-bond acceptors (Lipinski definition) is 6. The number of nitrogens with zero attached hydrogens (tertiary/aromatic N) is 4. The molecule has 2 heterocycles. The van der Waals surface area contributed by atoms with E-state index in [2.05, 4.69) is 20.3 Å². The first-order valence-electron chi connectivity index (χ1n) is 6.29. The van der Waals surface area contributed by atoms with E-state index in [0.29, 0.717) is 6.54 Å². The molecule has 1 saturated heterocycles. The van der Waals surface area contributed by atoms with Crippen LogP contribution in [0.15, 0.2) is 6.20 Å². The minimum absolute atomic E-state index is 0.0284. The van der Waals surface area contributed by atoms with Crippen molar-refractivity contribution < 1.29 is 19.4 Å². The molecule has 9 heteroatoms. The second kappa shape index (κ2) is 6.33. The van der Waals surface area contributed by atoms with Crippen molar-refractivity contribution in [2.24, 2.45) is 0 Å². The summed E-state index contributed by atoms with van der Waals surface area (Å²) in [5.74, 6) is 0.0616. The summed E-state index contributed by atoms with van der Waals surface area (Å²) in [5, 5.41) is 19.4. The van der Waals surface area contributed by atoms with Crippen LogP contribution in [0.4, 0.5) is 10.6 Å².